The average Bonchev–Trinajstić information content (AvgIpc) is 3.32. The number of ether oxygens (including phenoxy) is 1. The normalized spacial score (nSPS) is 11.3. The molecule has 0 bridgehead atoms. The Morgan fingerprint density at radius 2 is 1.74 bits per heavy atom. The molecule has 27 heavy (non-hydrogen) atoms. The van der Waals surface area contributed by atoms with Crippen molar-refractivity contribution in [3.63, 3.8) is 0 Å². The molecule has 0 atom stereocenters. The first-order valence-electron chi connectivity index (χ1n) is 8.61. The number of fused-ring (bicyclic) bond motifs is 3. The van der Waals surface area contributed by atoms with Crippen LogP contribution < -0.4 is 4.74 Å². The summed E-state index contributed by atoms with van der Waals surface area (Å²) in [5.74, 6) is 1.52. The summed E-state index contributed by atoms with van der Waals surface area (Å²) in [7, 11) is 0. The molecule has 132 valence electrons. The van der Waals surface area contributed by atoms with Crippen LogP contribution in [0.4, 0.5) is 0 Å². The van der Waals surface area contributed by atoms with Crippen LogP contribution in [-0.2, 0) is 6.61 Å². The van der Waals surface area contributed by atoms with Crippen LogP contribution >= 0.6 is 0 Å². The smallest absolute Gasteiger partial charge is 0.176 e. The van der Waals surface area contributed by atoms with Crippen molar-refractivity contribution < 1.29 is 4.74 Å². The van der Waals surface area contributed by atoms with Crippen LogP contribution in [0.25, 0.3) is 22.4 Å². The van der Waals surface area contributed by atoms with E-state index >= 15 is 0 Å². The molecule has 3 aromatic heterocycles. The fourth-order valence-corrected chi connectivity index (χ4v) is 3.08. The SMILES string of the molecule is Cc1ccccc1OCc1nnc2c3cnn(-c4ccccc4)c3ncn12. The lowest BCUT2D eigenvalue weighted by molar-refractivity contribution is 0.292. The Balaban J connectivity index is 1.53. The van der Waals surface area contributed by atoms with E-state index in [1.54, 1.807) is 17.2 Å². The third-order valence-electron chi connectivity index (χ3n) is 4.50. The Morgan fingerprint density at radius 3 is 2.59 bits per heavy atom. The average molecular weight is 356 g/mol. The van der Waals surface area contributed by atoms with Gasteiger partial charge in [-0.1, -0.05) is 36.4 Å². The number of benzene rings is 2. The Morgan fingerprint density at radius 1 is 0.926 bits per heavy atom. The molecule has 2 aromatic carbocycles. The van der Waals surface area contributed by atoms with Crippen LogP contribution in [0.2, 0.25) is 0 Å². The molecule has 0 radical (unpaired) electrons. The number of rotatable bonds is 4. The van der Waals surface area contributed by atoms with Crippen LogP contribution in [0.1, 0.15) is 11.4 Å². The molecule has 0 aliphatic heterocycles. The van der Waals surface area contributed by atoms with Gasteiger partial charge >= 0.3 is 0 Å². The first kappa shape index (κ1) is 15.5. The zero-order chi connectivity index (χ0) is 18.2. The van der Waals surface area contributed by atoms with Gasteiger partial charge in [-0.25, -0.2) is 9.67 Å². The number of para-hydroxylation sites is 2. The Labute approximate surface area is 154 Å². The second kappa shape index (κ2) is 6.21. The highest BCUT2D eigenvalue weighted by atomic mass is 16.5. The monoisotopic (exact) mass is 356 g/mol. The quantitative estimate of drug-likeness (QED) is 0.494. The largest absolute Gasteiger partial charge is 0.485 e. The fraction of sp³-hybridized carbons (Fsp3) is 0.100. The maximum atomic E-state index is 5.90. The summed E-state index contributed by atoms with van der Waals surface area (Å²) in [6, 6.07) is 17.8. The highest BCUT2D eigenvalue weighted by molar-refractivity contribution is 5.89. The van der Waals surface area contributed by atoms with E-state index in [4.69, 9.17) is 4.74 Å². The van der Waals surface area contributed by atoms with Gasteiger partial charge in [-0.2, -0.15) is 5.10 Å². The summed E-state index contributed by atoms with van der Waals surface area (Å²) < 4.78 is 9.55. The van der Waals surface area contributed by atoms with Gasteiger partial charge in [0, 0.05) is 0 Å². The molecule has 0 saturated carbocycles. The maximum Gasteiger partial charge on any atom is 0.176 e. The minimum absolute atomic E-state index is 0.312. The lowest BCUT2D eigenvalue weighted by atomic mass is 10.2. The van der Waals surface area contributed by atoms with Crippen LogP contribution in [-0.4, -0.2) is 29.4 Å². The molecule has 0 N–H and O–H groups in total. The van der Waals surface area contributed by atoms with Gasteiger partial charge < -0.3 is 4.74 Å². The number of aryl methyl sites for hydroxylation is 1. The van der Waals surface area contributed by atoms with Crippen molar-refractivity contribution in [2.75, 3.05) is 0 Å². The van der Waals surface area contributed by atoms with Gasteiger partial charge in [-0.05, 0) is 30.7 Å². The molecule has 5 aromatic rings. The molecule has 0 saturated heterocycles. The summed E-state index contributed by atoms with van der Waals surface area (Å²) in [4.78, 5) is 4.58. The summed E-state index contributed by atoms with van der Waals surface area (Å²) in [6.45, 7) is 2.33. The Bertz CT molecular complexity index is 1240. The molecule has 0 spiro atoms. The molecular formula is C20H16N6O. The number of hydrogen-bond acceptors (Lipinski definition) is 5. The summed E-state index contributed by atoms with van der Waals surface area (Å²) in [5.41, 5.74) is 3.49. The highest BCUT2D eigenvalue weighted by Gasteiger charge is 2.14. The highest BCUT2D eigenvalue weighted by Crippen LogP contribution is 2.21. The topological polar surface area (TPSA) is 70.1 Å². The van der Waals surface area contributed by atoms with Crippen molar-refractivity contribution in [3.05, 3.63) is 78.5 Å². The van der Waals surface area contributed by atoms with Gasteiger partial charge in [0.1, 0.15) is 18.7 Å². The van der Waals surface area contributed by atoms with Crippen molar-refractivity contribution in [1.82, 2.24) is 29.4 Å². The van der Waals surface area contributed by atoms with E-state index in [0.717, 1.165) is 28.0 Å². The van der Waals surface area contributed by atoms with Gasteiger partial charge in [-0.15, -0.1) is 10.2 Å². The fourth-order valence-electron chi connectivity index (χ4n) is 3.08. The molecular weight excluding hydrogens is 340 g/mol. The van der Waals surface area contributed by atoms with E-state index in [-0.39, 0.29) is 0 Å². The zero-order valence-corrected chi connectivity index (χ0v) is 14.6. The van der Waals surface area contributed by atoms with Crippen LogP contribution in [0.15, 0.2) is 67.1 Å². The predicted molar refractivity (Wildman–Crippen MR) is 101 cm³/mol. The maximum absolute atomic E-state index is 5.90. The first-order valence-corrected chi connectivity index (χ1v) is 8.61. The third kappa shape index (κ3) is 2.60. The molecule has 0 amide bonds. The summed E-state index contributed by atoms with van der Waals surface area (Å²) in [6.07, 6.45) is 3.49. The Hall–Kier alpha value is -3.74. The molecule has 0 fully saturated rings. The zero-order valence-electron chi connectivity index (χ0n) is 14.6. The van der Waals surface area contributed by atoms with Crippen LogP contribution in [0.5, 0.6) is 5.75 Å². The molecule has 0 aliphatic rings. The van der Waals surface area contributed by atoms with Crippen molar-refractivity contribution >= 4 is 16.7 Å². The van der Waals surface area contributed by atoms with Gasteiger partial charge in [0.2, 0.25) is 0 Å². The van der Waals surface area contributed by atoms with E-state index in [1.165, 1.54) is 0 Å². The molecule has 0 aliphatic carbocycles. The van der Waals surface area contributed by atoms with Crippen LogP contribution in [0, 0.1) is 6.92 Å². The van der Waals surface area contributed by atoms with Gasteiger partial charge in [0.15, 0.2) is 17.1 Å². The number of hydrogen-bond donors (Lipinski definition) is 0. The number of aromatic nitrogens is 6. The molecule has 0 unspecified atom stereocenters. The van der Waals surface area contributed by atoms with Crippen molar-refractivity contribution in [3.8, 4) is 11.4 Å². The van der Waals surface area contributed by atoms with E-state index in [9.17, 15) is 0 Å². The lowest BCUT2D eigenvalue weighted by Gasteiger charge is -2.07. The van der Waals surface area contributed by atoms with Crippen LogP contribution in [0.3, 0.4) is 0 Å². The van der Waals surface area contributed by atoms with Crippen molar-refractivity contribution in [2.45, 2.75) is 13.5 Å². The minimum atomic E-state index is 0.312. The molecule has 7 heteroatoms. The first-order chi connectivity index (χ1) is 13.3. The Kier molecular flexibility index (Phi) is 3.57. The molecule has 5 rings (SSSR count). The predicted octanol–water partition coefficient (Wildman–Crippen LogP) is 3.35. The van der Waals surface area contributed by atoms with E-state index in [0.29, 0.717) is 18.1 Å². The molecule has 7 nitrogen and oxygen atoms in total. The second-order valence-electron chi connectivity index (χ2n) is 6.24. The van der Waals surface area contributed by atoms with Gasteiger partial charge in [-0.3, -0.25) is 4.40 Å². The van der Waals surface area contributed by atoms with Crippen molar-refractivity contribution in [2.24, 2.45) is 0 Å². The minimum Gasteiger partial charge on any atom is -0.485 e. The standard InChI is InChI=1S/C20H16N6O/c1-14-7-5-6-10-17(14)27-12-18-23-24-20-16-11-22-26(15-8-3-2-4-9-15)19(16)21-13-25(18)20/h2-11,13H,12H2,1H3. The third-order valence-corrected chi connectivity index (χ3v) is 4.50. The van der Waals surface area contributed by atoms with E-state index in [1.807, 2.05) is 65.9 Å². The van der Waals surface area contributed by atoms with Gasteiger partial charge in [0.25, 0.3) is 0 Å². The van der Waals surface area contributed by atoms with Gasteiger partial charge in [0.05, 0.1) is 17.3 Å². The molecule has 3 heterocycles. The summed E-state index contributed by atoms with van der Waals surface area (Å²) >= 11 is 0. The lowest BCUT2D eigenvalue weighted by Crippen LogP contribution is -2.03. The summed E-state index contributed by atoms with van der Waals surface area (Å²) in [5, 5.41) is 13.9. The van der Waals surface area contributed by atoms with E-state index in [2.05, 4.69) is 20.3 Å². The van der Waals surface area contributed by atoms with Crippen molar-refractivity contribution in [1.29, 1.82) is 0 Å². The second-order valence-corrected chi connectivity index (χ2v) is 6.24. The number of nitrogens with zero attached hydrogens (tertiary/aromatic N) is 6. The van der Waals surface area contributed by atoms with E-state index < -0.39 is 0 Å².